The molecule has 0 atom stereocenters. The van der Waals surface area contributed by atoms with E-state index in [0.29, 0.717) is 10.1 Å². The van der Waals surface area contributed by atoms with E-state index in [-0.39, 0.29) is 5.69 Å². The highest BCUT2D eigenvalue weighted by molar-refractivity contribution is 7.99. The van der Waals surface area contributed by atoms with E-state index in [1.165, 1.54) is 6.33 Å². The van der Waals surface area contributed by atoms with Crippen molar-refractivity contribution in [3.05, 3.63) is 24.3 Å². The number of alkyl halides is 2. The molecule has 1 aromatic heterocycles. The minimum atomic E-state index is -3.11. The number of hydrogen-bond acceptors (Lipinski definition) is 5. The maximum atomic E-state index is 13.3. The van der Waals surface area contributed by atoms with Crippen LogP contribution in [0.25, 0.3) is 0 Å². The molecule has 9 heteroatoms. The van der Waals surface area contributed by atoms with Crippen molar-refractivity contribution < 1.29 is 17.9 Å². The number of nitrogens with zero attached hydrogens (tertiary/aromatic N) is 2. The quantitative estimate of drug-likeness (QED) is 0.838. The first-order chi connectivity index (χ1) is 8.56. The number of aromatic amines is 1. The predicted octanol–water partition coefficient (Wildman–Crippen LogP) is 2.28. The van der Waals surface area contributed by atoms with Crippen molar-refractivity contribution in [1.82, 2.24) is 15.2 Å². The highest BCUT2D eigenvalue weighted by Crippen LogP contribution is 2.34. The first-order valence-corrected chi connectivity index (χ1v) is 5.45. The molecule has 0 unspecified atom stereocenters. The van der Waals surface area contributed by atoms with Crippen molar-refractivity contribution in [2.75, 3.05) is 5.73 Å². The summed E-state index contributed by atoms with van der Waals surface area (Å²) in [7, 11) is 0. The van der Waals surface area contributed by atoms with Crippen molar-refractivity contribution >= 4 is 17.4 Å². The summed E-state index contributed by atoms with van der Waals surface area (Å²) in [6.45, 7) is -3.11. The number of hydrogen-bond donors (Lipinski definition) is 2. The molecule has 0 saturated heterocycles. The fraction of sp³-hybridized carbons (Fsp3) is 0.111. The third kappa shape index (κ3) is 2.86. The largest absolute Gasteiger partial charge is 0.432 e. The number of nitrogen functional groups attached to an aromatic ring is 1. The Bertz CT molecular complexity index is 535. The van der Waals surface area contributed by atoms with Gasteiger partial charge >= 0.3 is 6.61 Å². The zero-order chi connectivity index (χ0) is 13.1. The van der Waals surface area contributed by atoms with E-state index in [4.69, 9.17) is 5.73 Å². The summed E-state index contributed by atoms with van der Waals surface area (Å²) >= 11 is 1.03. The standard InChI is InChI=1S/C9H7F3N4OS/c10-4-1-5(13)7(2-6(4)17-8(11)12)18-9-14-3-15-16-9/h1-3,8H,13H2,(H,14,15,16). The zero-order valence-electron chi connectivity index (χ0n) is 8.73. The van der Waals surface area contributed by atoms with Crippen LogP contribution in [0.15, 0.2) is 28.5 Å². The molecule has 3 N–H and O–H groups in total. The lowest BCUT2D eigenvalue weighted by Gasteiger charge is -2.09. The number of aromatic nitrogens is 3. The van der Waals surface area contributed by atoms with Gasteiger partial charge in [-0.15, -0.1) is 0 Å². The van der Waals surface area contributed by atoms with Crippen molar-refractivity contribution in [2.24, 2.45) is 0 Å². The zero-order valence-corrected chi connectivity index (χ0v) is 9.55. The summed E-state index contributed by atoms with van der Waals surface area (Å²) in [5.41, 5.74) is 5.66. The monoisotopic (exact) mass is 276 g/mol. The van der Waals surface area contributed by atoms with E-state index in [1.54, 1.807) is 0 Å². The predicted molar refractivity (Wildman–Crippen MR) is 58.0 cm³/mol. The third-order valence-electron chi connectivity index (χ3n) is 1.88. The molecule has 2 aromatic rings. The molecule has 1 aromatic carbocycles. The summed E-state index contributed by atoms with van der Waals surface area (Å²) < 4.78 is 41.4. The molecule has 18 heavy (non-hydrogen) atoms. The second kappa shape index (κ2) is 5.17. The van der Waals surface area contributed by atoms with Crippen LogP contribution < -0.4 is 10.5 Å². The van der Waals surface area contributed by atoms with Gasteiger partial charge in [0, 0.05) is 16.6 Å². The van der Waals surface area contributed by atoms with Crippen LogP contribution in [-0.2, 0) is 0 Å². The lowest BCUT2D eigenvalue weighted by molar-refractivity contribution is -0.0523. The van der Waals surface area contributed by atoms with Gasteiger partial charge < -0.3 is 10.5 Å². The average molecular weight is 276 g/mol. The van der Waals surface area contributed by atoms with Gasteiger partial charge in [0.25, 0.3) is 0 Å². The lowest BCUT2D eigenvalue weighted by atomic mass is 10.3. The number of anilines is 1. The Morgan fingerprint density at radius 1 is 1.39 bits per heavy atom. The molecular formula is C9H7F3N4OS. The number of H-pyrrole nitrogens is 1. The van der Waals surface area contributed by atoms with E-state index in [2.05, 4.69) is 19.9 Å². The van der Waals surface area contributed by atoms with E-state index in [0.717, 1.165) is 23.9 Å². The number of ether oxygens (including phenoxy) is 1. The highest BCUT2D eigenvalue weighted by Gasteiger charge is 2.14. The molecule has 0 spiro atoms. The molecule has 0 fully saturated rings. The number of halogens is 3. The van der Waals surface area contributed by atoms with Crippen LogP contribution in [0, 0.1) is 5.82 Å². The molecular weight excluding hydrogens is 269 g/mol. The minimum absolute atomic E-state index is 0.0931. The van der Waals surface area contributed by atoms with Crippen molar-refractivity contribution in [3.63, 3.8) is 0 Å². The van der Waals surface area contributed by atoms with Crippen LogP contribution in [0.1, 0.15) is 0 Å². The number of benzene rings is 1. The third-order valence-corrected chi connectivity index (χ3v) is 2.84. The van der Waals surface area contributed by atoms with E-state index >= 15 is 0 Å². The Morgan fingerprint density at radius 2 is 2.17 bits per heavy atom. The molecule has 0 aliphatic rings. The topological polar surface area (TPSA) is 76.8 Å². The number of nitrogens with one attached hydrogen (secondary N) is 1. The fourth-order valence-corrected chi connectivity index (χ4v) is 1.92. The number of rotatable bonds is 4. The summed E-state index contributed by atoms with van der Waals surface area (Å²) in [6, 6.07) is 2.00. The molecule has 0 saturated carbocycles. The lowest BCUT2D eigenvalue weighted by Crippen LogP contribution is -2.04. The molecule has 5 nitrogen and oxygen atoms in total. The Balaban J connectivity index is 2.29. The molecule has 0 bridgehead atoms. The van der Waals surface area contributed by atoms with Gasteiger partial charge in [0.2, 0.25) is 0 Å². The van der Waals surface area contributed by atoms with Gasteiger partial charge in [0.05, 0.1) is 0 Å². The van der Waals surface area contributed by atoms with Crippen molar-refractivity contribution in [3.8, 4) is 5.75 Å². The SMILES string of the molecule is Nc1cc(F)c(OC(F)F)cc1Sc1ncn[nH]1. The number of nitrogens with two attached hydrogens (primary N) is 1. The molecule has 0 amide bonds. The second-order valence-corrected chi connectivity index (χ2v) is 4.12. The first-order valence-electron chi connectivity index (χ1n) is 4.63. The van der Waals surface area contributed by atoms with Crippen LogP contribution in [0.3, 0.4) is 0 Å². The molecule has 0 aliphatic carbocycles. The van der Waals surface area contributed by atoms with E-state index in [9.17, 15) is 13.2 Å². The summed E-state index contributed by atoms with van der Waals surface area (Å²) in [5, 5.41) is 6.56. The highest BCUT2D eigenvalue weighted by atomic mass is 32.2. The fourth-order valence-electron chi connectivity index (χ4n) is 1.17. The normalized spacial score (nSPS) is 10.9. The first kappa shape index (κ1) is 12.6. The van der Waals surface area contributed by atoms with Crippen LogP contribution in [0.5, 0.6) is 5.75 Å². The maximum Gasteiger partial charge on any atom is 0.387 e. The van der Waals surface area contributed by atoms with Crippen LogP contribution >= 0.6 is 11.8 Å². The Morgan fingerprint density at radius 3 is 2.78 bits per heavy atom. The van der Waals surface area contributed by atoms with E-state index in [1.807, 2.05) is 0 Å². The van der Waals surface area contributed by atoms with Gasteiger partial charge in [-0.05, 0) is 17.8 Å². The van der Waals surface area contributed by atoms with Gasteiger partial charge in [-0.1, -0.05) is 0 Å². The van der Waals surface area contributed by atoms with Crippen LogP contribution in [-0.4, -0.2) is 21.8 Å². The molecule has 2 rings (SSSR count). The second-order valence-electron chi connectivity index (χ2n) is 3.09. The van der Waals surface area contributed by atoms with Crippen LogP contribution in [0.4, 0.5) is 18.9 Å². The van der Waals surface area contributed by atoms with Crippen LogP contribution in [0.2, 0.25) is 0 Å². The summed E-state index contributed by atoms with van der Waals surface area (Å²) in [4.78, 5) is 4.16. The minimum Gasteiger partial charge on any atom is -0.432 e. The molecule has 1 heterocycles. The molecule has 0 radical (unpaired) electrons. The smallest absolute Gasteiger partial charge is 0.387 e. The average Bonchev–Trinajstić information content (AvgIpc) is 2.77. The summed E-state index contributed by atoms with van der Waals surface area (Å²) in [5.74, 6) is -1.52. The Labute approximate surface area is 104 Å². The molecule has 0 aliphatic heterocycles. The Kier molecular flexibility index (Phi) is 3.60. The summed E-state index contributed by atoms with van der Waals surface area (Å²) in [6.07, 6.45) is 1.28. The van der Waals surface area contributed by atoms with Gasteiger partial charge in [0.1, 0.15) is 6.33 Å². The Hall–Kier alpha value is -1.90. The maximum absolute atomic E-state index is 13.3. The van der Waals surface area contributed by atoms with Crippen molar-refractivity contribution in [2.45, 2.75) is 16.7 Å². The van der Waals surface area contributed by atoms with Gasteiger partial charge in [0.15, 0.2) is 16.7 Å². The van der Waals surface area contributed by atoms with Gasteiger partial charge in [-0.3, -0.25) is 5.10 Å². The van der Waals surface area contributed by atoms with E-state index < -0.39 is 18.2 Å². The van der Waals surface area contributed by atoms with Gasteiger partial charge in [-0.25, -0.2) is 9.37 Å². The molecule has 96 valence electrons. The van der Waals surface area contributed by atoms with Gasteiger partial charge in [-0.2, -0.15) is 13.9 Å². The van der Waals surface area contributed by atoms with Crippen molar-refractivity contribution in [1.29, 1.82) is 0 Å².